The van der Waals surface area contributed by atoms with Crippen LogP contribution in [0.5, 0.6) is 11.5 Å². The molecule has 0 radical (unpaired) electrons. The highest BCUT2D eigenvalue weighted by Gasteiger charge is 2.05. The summed E-state index contributed by atoms with van der Waals surface area (Å²) in [7, 11) is 3.27. The average molecular weight is 343 g/mol. The summed E-state index contributed by atoms with van der Waals surface area (Å²) >= 11 is 5.29. The molecule has 0 saturated heterocycles. The molecule has 0 unspecified atom stereocenters. The van der Waals surface area contributed by atoms with Crippen LogP contribution in [0.25, 0.3) is 0 Å². The van der Waals surface area contributed by atoms with E-state index in [9.17, 15) is 0 Å². The first kappa shape index (κ1) is 17.7. The van der Waals surface area contributed by atoms with Crippen LogP contribution in [-0.4, -0.2) is 25.0 Å². The summed E-state index contributed by atoms with van der Waals surface area (Å²) in [5.41, 5.74) is 5.59. The van der Waals surface area contributed by atoms with Crippen LogP contribution >= 0.6 is 12.2 Å². The standard InChI is InChI=1S/C18H21N3O2S/c1-4-15(13-9-11-14(22-2)12-10-13)20-21-18(24)19-16-7-5-6-8-17(16)23-3/h5-12H,4H2,1-3H3,(H2,19,21,24)/b20-15-. The summed E-state index contributed by atoms with van der Waals surface area (Å²) < 4.78 is 10.5. The smallest absolute Gasteiger partial charge is 0.191 e. The Hall–Kier alpha value is -2.60. The second-order valence-electron chi connectivity index (χ2n) is 4.91. The number of hydrazone groups is 1. The zero-order valence-corrected chi connectivity index (χ0v) is 14.8. The number of anilines is 1. The fourth-order valence-electron chi connectivity index (χ4n) is 2.15. The van der Waals surface area contributed by atoms with E-state index < -0.39 is 0 Å². The maximum absolute atomic E-state index is 5.29. The molecule has 0 aliphatic heterocycles. The number of ether oxygens (including phenoxy) is 2. The largest absolute Gasteiger partial charge is 0.497 e. The Bertz CT molecular complexity index is 714. The fourth-order valence-corrected chi connectivity index (χ4v) is 2.30. The molecule has 0 spiro atoms. The number of rotatable bonds is 6. The molecule has 2 rings (SSSR count). The average Bonchev–Trinajstić information content (AvgIpc) is 2.63. The molecule has 0 aliphatic carbocycles. The SMILES string of the molecule is CC/C(=N/NC(=S)Nc1ccccc1OC)c1ccc(OC)cc1. The predicted octanol–water partition coefficient (Wildman–Crippen LogP) is 3.80. The highest BCUT2D eigenvalue weighted by atomic mass is 32.1. The molecule has 5 nitrogen and oxygen atoms in total. The summed E-state index contributed by atoms with van der Waals surface area (Å²) in [4.78, 5) is 0. The molecule has 0 atom stereocenters. The third-order valence-electron chi connectivity index (χ3n) is 3.41. The summed E-state index contributed by atoms with van der Waals surface area (Å²) in [5, 5.41) is 7.88. The van der Waals surface area contributed by atoms with E-state index in [1.165, 1.54) is 0 Å². The maximum atomic E-state index is 5.29. The molecule has 0 heterocycles. The lowest BCUT2D eigenvalue weighted by Crippen LogP contribution is -2.25. The van der Waals surface area contributed by atoms with Gasteiger partial charge in [-0.25, -0.2) is 0 Å². The fraction of sp³-hybridized carbons (Fsp3) is 0.222. The molecule has 126 valence electrons. The van der Waals surface area contributed by atoms with Crippen LogP contribution in [-0.2, 0) is 0 Å². The van der Waals surface area contributed by atoms with Gasteiger partial charge >= 0.3 is 0 Å². The molecular weight excluding hydrogens is 322 g/mol. The van der Waals surface area contributed by atoms with Gasteiger partial charge in [-0.1, -0.05) is 19.1 Å². The minimum atomic E-state index is 0.402. The number of nitrogens with zero attached hydrogens (tertiary/aromatic N) is 1. The summed E-state index contributed by atoms with van der Waals surface area (Å²) in [5.74, 6) is 1.53. The van der Waals surface area contributed by atoms with E-state index >= 15 is 0 Å². The molecule has 0 bridgehead atoms. The molecule has 0 aliphatic rings. The van der Waals surface area contributed by atoms with Gasteiger partial charge in [-0.15, -0.1) is 0 Å². The molecule has 0 saturated carbocycles. The first-order valence-corrected chi connectivity index (χ1v) is 7.99. The summed E-state index contributed by atoms with van der Waals surface area (Å²) in [6, 6.07) is 15.3. The van der Waals surface area contributed by atoms with Gasteiger partial charge in [0.1, 0.15) is 11.5 Å². The second kappa shape index (κ2) is 8.88. The van der Waals surface area contributed by atoms with E-state index in [4.69, 9.17) is 21.7 Å². The van der Waals surface area contributed by atoms with Crippen molar-refractivity contribution in [3.8, 4) is 11.5 Å². The van der Waals surface area contributed by atoms with Gasteiger partial charge in [0, 0.05) is 0 Å². The lowest BCUT2D eigenvalue weighted by molar-refractivity contribution is 0.415. The Morgan fingerprint density at radius 2 is 1.75 bits per heavy atom. The van der Waals surface area contributed by atoms with Crippen LogP contribution in [0.15, 0.2) is 53.6 Å². The highest BCUT2D eigenvalue weighted by Crippen LogP contribution is 2.22. The zero-order chi connectivity index (χ0) is 17.4. The number of hydrogen-bond acceptors (Lipinski definition) is 4. The van der Waals surface area contributed by atoms with Crippen molar-refractivity contribution >= 4 is 28.7 Å². The van der Waals surface area contributed by atoms with Gasteiger partial charge in [-0.05, 0) is 60.6 Å². The lowest BCUT2D eigenvalue weighted by Gasteiger charge is -2.12. The summed E-state index contributed by atoms with van der Waals surface area (Å²) in [6.45, 7) is 2.04. The van der Waals surface area contributed by atoms with Gasteiger partial charge in [-0.3, -0.25) is 5.43 Å². The van der Waals surface area contributed by atoms with Crippen molar-refractivity contribution in [1.82, 2.24) is 5.43 Å². The van der Waals surface area contributed by atoms with Gasteiger partial charge in [0.05, 0.1) is 25.6 Å². The van der Waals surface area contributed by atoms with Crippen LogP contribution in [0.4, 0.5) is 5.69 Å². The first-order valence-electron chi connectivity index (χ1n) is 7.59. The molecule has 0 aromatic heterocycles. The minimum absolute atomic E-state index is 0.402. The number of benzene rings is 2. The molecular formula is C18H21N3O2S. The monoisotopic (exact) mass is 343 g/mol. The Balaban J connectivity index is 2.05. The number of thiocarbonyl (C=S) groups is 1. The van der Waals surface area contributed by atoms with Crippen LogP contribution < -0.4 is 20.2 Å². The van der Waals surface area contributed by atoms with Gasteiger partial charge in [0.2, 0.25) is 0 Å². The Kier molecular flexibility index (Phi) is 6.57. The van der Waals surface area contributed by atoms with Crippen molar-refractivity contribution < 1.29 is 9.47 Å². The molecule has 2 N–H and O–H groups in total. The molecule has 24 heavy (non-hydrogen) atoms. The molecule has 0 amide bonds. The van der Waals surface area contributed by atoms with Gasteiger partial charge in [0.25, 0.3) is 0 Å². The number of nitrogens with one attached hydrogen (secondary N) is 2. The lowest BCUT2D eigenvalue weighted by atomic mass is 10.1. The van der Waals surface area contributed by atoms with E-state index in [0.29, 0.717) is 5.11 Å². The van der Waals surface area contributed by atoms with Crippen LogP contribution in [0, 0.1) is 0 Å². The van der Waals surface area contributed by atoms with Crippen molar-refractivity contribution in [3.05, 3.63) is 54.1 Å². The topological polar surface area (TPSA) is 54.9 Å². The van der Waals surface area contributed by atoms with E-state index in [-0.39, 0.29) is 0 Å². The molecule has 0 fully saturated rings. The third-order valence-corrected chi connectivity index (χ3v) is 3.60. The second-order valence-corrected chi connectivity index (χ2v) is 5.32. The number of hydrogen-bond donors (Lipinski definition) is 2. The Morgan fingerprint density at radius 3 is 2.38 bits per heavy atom. The van der Waals surface area contributed by atoms with Crippen molar-refractivity contribution in [1.29, 1.82) is 0 Å². The van der Waals surface area contributed by atoms with E-state index in [1.807, 2.05) is 55.5 Å². The van der Waals surface area contributed by atoms with Crippen LogP contribution in [0.2, 0.25) is 0 Å². The maximum Gasteiger partial charge on any atom is 0.191 e. The van der Waals surface area contributed by atoms with Crippen molar-refractivity contribution in [2.45, 2.75) is 13.3 Å². The zero-order valence-electron chi connectivity index (χ0n) is 14.0. The van der Waals surface area contributed by atoms with Crippen LogP contribution in [0.3, 0.4) is 0 Å². The molecule has 2 aromatic carbocycles. The predicted molar refractivity (Wildman–Crippen MR) is 102 cm³/mol. The van der Waals surface area contributed by atoms with Crippen molar-refractivity contribution in [2.75, 3.05) is 19.5 Å². The van der Waals surface area contributed by atoms with Crippen molar-refractivity contribution in [2.24, 2.45) is 5.10 Å². The van der Waals surface area contributed by atoms with Crippen LogP contribution in [0.1, 0.15) is 18.9 Å². The number of methoxy groups -OCH3 is 2. The van der Waals surface area contributed by atoms with E-state index in [0.717, 1.165) is 34.9 Å². The van der Waals surface area contributed by atoms with E-state index in [1.54, 1.807) is 14.2 Å². The summed E-state index contributed by atoms with van der Waals surface area (Å²) in [6.07, 6.45) is 0.774. The molecule has 2 aromatic rings. The normalized spacial score (nSPS) is 10.9. The van der Waals surface area contributed by atoms with Gasteiger partial charge in [0.15, 0.2) is 5.11 Å². The highest BCUT2D eigenvalue weighted by molar-refractivity contribution is 7.80. The van der Waals surface area contributed by atoms with E-state index in [2.05, 4.69) is 15.8 Å². The Labute approximate surface area is 147 Å². The first-order chi connectivity index (χ1) is 11.7. The van der Waals surface area contributed by atoms with Gasteiger partial charge < -0.3 is 14.8 Å². The Morgan fingerprint density at radius 1 is 1.04 bits per heavy atom. The van der Waals surface area contributed by atoms with Crippen molar-refractivity contribution in [3.63, 3.8) is 0 Å². The number of para-hydroxylation sites is 2. The third kappa shape index (κ3) is 4.70. The molecule has 6 heteroatoms. The quantitative estimate of drug-likeness (QED) is 0.475. The minimum Gasteiger partial charge on any atom is -0.497 e. The van der Waals surface area contributed by atoms with Gasteiger partial charge in [-0.2, -0.15) is 5.10 Å².